The predicted octanol–water partition coefficient (Wildman–Crippen LogP) is 1.51. The summed E-state index contributed by atoms with van der Waals surface area (Å²) in [5, 5.41) is 3.06. The largest absolute Gasteiger partial charge is 0.382 e. The van der Waals surface area contributed by atoms with Crippen LogP contribution in [-0.4, -0.2) is 9.78 Å². The lowest BCUT2D eigenvalue weighted by Gasteiger charge is -1.97. The van der Waals surface area contributed by atoms with Crippen LogP contribution in [0.4, 0.5) is 14.6 Å². The quantitative estimate of drug-likeness (QED) is 0.689. The minimum absolute atomic E-state index is 0.00898. The number of alkyl halides is 2. The first-order valence-electron chi connectivity index (χ1n) is 2.40. The molecule has 0 aromatic carbocycles. The predicted molar refractivity (Wildman–Crippen MR) is 32.9 cm³/mol. The molecule has 0 radical (unpaired) electrons. The molecule has 0 atom stereocenters. The van der Waals surface area contributed by atoms with Gasteiger partial charge in [-0.05, 0) is 0 Å². The van der Waals surface area contributed by atoms with E-state index < -0.39 is 6.55 Å². The molecule has 0 aliphatic carbocycles. The molecule has 2 N–H and O–H groups in total. The third-order valence-corrected chi connectivity index (χ3v) is 1.18. The SMILES string of the molecule is Nc1cc(Cl)n(C(F)F)n1. The summed E-state index contributed by atoms with van der Waals surface area (Å²) >= 11 is 5.28. The zero-order valence-electron chi connectivity index (χ0n) is 4.76. The molecule has 0 bridgehead atoms. The monoisotopic (exact) mass is 167 g/mol. The number of nitrogen functional groups attached to an aromatic ring is 1. The van der Waals surface area contributed by atoms with Crippen LogP contribution in [0.25, 0.3) is 0 Å². The van der Waals surface area contributed by atoms with Crippen molar-refractivity contribution in [3.8, 4) is 0 Å². The highest BCUT2D eigenvalue weighted by Gasteiger charge is 2.11. The van der Waals surface area contributed by atoms with E-state index >= 15 is 0 Å². The number of halogens is 3. The van der Waals surface area contributed by atoms with Gasteiger partial charge in [0.1, 0.15) is 11.0 Å². The number of hydrogen-bond acceptors (Lipinski definition) is 2. The van der Waals surface area contributed by atoms with Gasteiger partial charge in [0.2, 0.25) is 0 Å². The van der Waals surface area contributed by atoms with Gasteiger partial charge in [0.15, 0.2) is 0 Å². The Bertz CT molecular complexity index is 234. The number of nitrogens with zero attached hydrogens (tertiary/aromatic N) is 2. The normalized spacial score (nSPS) is 10.8. The fourth-order valence-corrected chi connectivity index (χ4v) is 0.749. The van der Waals surface area contributed by atoms with Crippen LogP contribution in [0.15, 0.2) is 6.07 Å². The Morgan fingerprint density at radius 2 is 2.30 bits per heavy atom. The number of anilines is 1. The van der Waals surface area contributed by atoms with Crippen LogP contribution < -0.4 is 5.73 Å². The fraction of sp³-hybridized carbons (Fsp3) is 0.250. The van der Waals surface area contributed by atoms with Gasteiger partial charge in [-0.15, -0.1) is 5.10 Å². The summed E-state index contributed by atoms with van der Waals surface area (Å²) in [4.78, 5) is 0. The van der Waals surface area contributed by atoms with Crippen molar-refractivity contribution in [1.29, 1.82) is 0 Å². The first-order chi connectivity index (χ1) is 4.61. The maximum Gasteiger partial charge on any atom is 0.334 e. The first kappa shape index (κ1) is 7.27. The fourth-order valence-electron chi connectivity index (χ4n) is 0.526. The molecule has 1 heterocycles. The van der Waals surface area contributed by atoms with Crippen LogP contribution in [0.2, 0.25) is 5.15 Å². The van der Waals surface area contributed by atoms with Crippen LogP contribution in [0, 0.1) is 0 Å². The van der Waals surface area contributed by atoms with E-state index in [1.54, 1.807) is 0 Å². The summed E-state index contributed by atoms with van der Waals surface area (Å²) < 4.78 is 23.9. The van der Waals surface area contributed by atoms with Crippen molar-refractivity contribution in [2.75, 3.05) is 5.73 Å². The Balaban J connectivity index is 3.03. The molecule has 0 saturated carbocycles. The Kier molecular flexibility index (Phi) is 1.76. The van der Waals surface area contributed by atoms with Gasteiger partial charge in [-0.3, -0.25) is 0 Å². The lowest BCUT2D eigenvalue weighted by Crippen LogP contribution is -2.00. The Morgan fingerprint density at radius 3 is 2.50 bits per heavy atom. The topological polar surface area (TPSA) is 43.8 Å². The lowest BCUT2D eigenvalue weighted by atomic mass is 10.7. The second kappa shape index (κ2) is 2.42. The molecule has 0 aliphatic rings. The van der Waals surface area contributed by atoms with Crippen molar-refractivity contribution >= 4 is 17.4 Å². The highest BCUT2D eigenvalue weighted by Crippen LogP contribution is 2.19. The highest BCUT2D eigenvalue weighted by atomic mass is 35.5. The van der Waals surface area contributed by atoms with Crippen LogP contribution in [0.5, 0.6) is 0 Å². The molecule has 0 spiro atoms. The molecule has 3 nitrogen and oxygen atoms in total. The molecular weight excluding hydrogens is 164 g/mol. The molecule has 0 unspecified atom stereocenters. The molecule has 10 heavy (non-hydrogen) atoms. The van der Waals surface area contributed by atoms with E-state index in [4.69, 9.17) is 17.3 Å². The Morgan fingerprint density at radius 1 is 1.70 bits per heavy atom. The molecule has 56 valence electrons. The summed E-state index contributed by atoms with van der Waals surface area (Å²) in [6.45, 7) is -2.73. The number of nitrogens with two attached hydrogens (primary N) is 1. The minimum Gasteiger partial charge on any atom is -0.382 e. The van der Waals surface area contributed by atoms with E-state index in [-0.39, 0.29) is 11.0 Å². The highest BCUT2D eigenvalue weighted by molar-refractivity contribution is 6.29. The summed E-state index contributed by atoms with van der Waals surface area (Å²) in [6, 6.07) is 1.16. The van der Waals surface area contributed by atoms with Crippen molar-refractivity contribution in [2.45, 2.75) is 6.55 Å². The average molecular weight is 168 g/mol. The van der Waals surface area contributed by atoms with Crippen molar-refractivity contribution in [1.82, 2.24) is 9.78 Å². The number of rotatable bonds is 1. The smallest absolute Gasteiger partial charge is 0.334 e. The molecule has 0 fully saturated rings. The van der Waals surface area contributed by atoms with Crippen molar-refractivity contribution in [3.63, 3.8) is 0 Å². The van der Waals surface area contributed by atoms with E-state index in [0.717, 1.165) is 6.07 Å². The van der Waals surface area contributed by atoms with Gasteiger partial charge in [-0.25, -0.2) is 0 Å². The van der Waals surface area contributed by atoms with Crippen LogP contribution in [0.3, 0.4) is 0 Å². The molecule has 1 aromatic rings. The van der Waals surface area contributed by atoms with Gasteiger partial charge in [0.05, 0.1) is 0 Å². The molecule has 6 heteroatoms. The van der Waals surface area contributed by atoms with Gasteiger partial charge in [0.25, 0.3) is 0 Å². The molecule has 1 aromatic heterocycles. The molecule has 1 rings (SSSR count). The van der Waals surface area contributed by atoms with E-state index in [9.17, 15) is 8.78 Å². The van der Waals surface area contributed by atoms with Crippen LogP contribution in [0.1, 0.15) is 6.55 Å². The van der Waals surface area contributed by atoms with E-state index in [0.29, 0.717) is 4.68 Å². The van der Waals surface area contributed by atoms with Gasteiger partial charge < -0.3 is 5.73 Å². The van der Waals surface area contributed by atoms with Gasteiger partial charge in [-0.2, -0.15) is 13.5 Å². The summed E-state index contributed by atoms with van der Waals surface area (Å²) in [5.41, 5.74) is 5.07. The van der Waals surface area contributed by atoms with Crippen LogP contribution in [-0.2, 0) is 0 Å². The summed E-state index contributed by atoms with van der Waals surface area (Å²) in [6.07, 6.45) is 0. The summed E-state index contributed by atoms with van der Waals surface area (Å²) in [7, 11) is 0. The molecule has 0 amide bonds. The summed E-state index contributed by atoms with van der Waals surface area (Å²) in [5.74, 6) is -0.00898. The number of aromatic nitrogens is 2. The Hall–Kier alpha value is -0.840. The number of hydrogen-bond donors (Lipinski definition) is 1. The van der Waals surface area contributed by atoms with Gasteiger partial charge >= 0.3 is 6.55 Å². The van der Waals surface area contributed by atoms with Crippen molar-refractivity contribution in [2.24, 2.45) is 0 Å². The lowest BCUT2D eigenvalue weighted by molar-refractivity contribution is 0.0572. The molecular formula is C4H4ClF2N3. The minimum atomic E-state index is -2.73. The van der Waals surface area contributed by atoms with E-state index in [2.05, 4.69) is 5.10 Å². The maximum atomic E-state index is 11.8. The van der Waals surface area contributed by atoms with E-state index in [1.165, 1.54) is 0 Å². The molecule has 0 saturated heterocycles. The standard InChI is InChI=1S/C4H4ClF2N3/c5-2-1-3(8)9-10(2)4(6)7/h1,4H,(H2,8,9). The molecule has 0 aliphatic heterocycles. The zero-order valence-corrected chi connectivity index (χ0v) is 5.52. The van der Waals surface area contributed by atoms with Crippen molar-refractivity contribution in [3.05, 3.63) is 11.2 Å². The van der Waals surface area contributed by atoms with Gasteiger partial charge in [0, 0.05) is 6.07 Å². The average Bonchev–Trinajstić information content (AvgIpc) is 2.10. The third-order valence-electron chi connectivity index (χ3n) is 0.894. The Labute approximate surface area is 60.4 Å². The van der Waals surface area contributed by atoms with Crippen molar-refractivity contribution < 1.29 is 8.78 Å². The third kappa shape index (κ3) is 1.18. The second-order valence-corrected chi connectivity index (χ2v) is 2.00. The maximum absolute atomic E-state index is 11.8. The first-order valence-corrected chi connectivity index (χ1v) is 2.77. The van der Waals surface area contributed by atoms with E-state index in [1.807, 2.05) is 0 Å². The van der Waals surface area contributed by atoms with Crippen LogP contribution >= 0.6 is 11.6 Å². The van der Waals surface area contributed by atoms with Gasteiger partial charge in [-0.1, -0.05) is 11.6 Å². The second-order valence-electron chi connectivity index (χ2n) is 1.61. The zero-order chi connectivity index (χ0) is 7.72.